The Hall–Kier alpha value is -1.04. The molecule has 0 heteroatoms. The van der Waals surface area contributed by atoms with E-state index >= 15 is 0 Å². The molecule has 4 bridgehead atoms. The van der Waals surface area contributed by atoms with Crippen molar-refractivity contribution < 1.29 is 0 Å². The Morgan fingerprint density at radius 2 is 1.35 bits per heavy atom. The standard InChI is InChI=1S/C17H19/c1-2-4-12(5-3-1)11-17-15-7-13-6-14(9-15)10-16(17)8-13/h1-5,13-16H,6-10H2. The van der Waals surface area contributed by atoms with Crippen molar-refractivity contribution in [2.45, 2.75) is 32.1 Å². The van der Waals surface area contributed by atoms with Crippen LogP contribution in [0.15, 0.2) is 35.9 Å². The van der Waals surface area contributed by atoms with Gasteiger partial charge in [0.15, 0.2) is 0 Å². The summed E-state index contributed by atoms with van der Waals surface area (Å²) in [4.78, 5) is 0. The summed E-state index contributed by atoms with van der Waals surface area (Å²) in [6, 6.07) is 10.7. The largest absolute Gasteiger partial charge is 0.0622 e. The van der Waals surface area contributed by atoms with Crippen molar-refractivity contribution in [1.82, 2.24) is 0 Å². The van der Waals surface area contributed by atoms with Crippen LogP contribution in [0.5, 0.6) is 0 Å². The third kappa shape index (κ3) is 1.66. The van der Waals surface area contributed by atoms with E-state index in [2.05, 4.69) is 36.4 Å². The molecule has 4 fully saturated rings. The summed E-state index contributed by atoms with van der Waals surface area (Å²) in [6.45, 7) is 0. The first-order chi connectivity index (χ1) is 8.38. The minimum absolute atomic E-state index is 0.881. The molecule has 0 N–H and O–H groups in total. The van der Waals surface area contributed by atoms with Gasteiger partial charge in [-0.1, -0.05) is 35.9 Å². The Morgan fingerprint density at radius 1 is 0.765 bits per heavy atom. The molecule has 1 aromatic rings. The molecule has 0 heterocycles. The quantitative estimate of drug-likeness (QED) is 0.668. The van der Waals surface area contributed by atoms with Gasteiger partial charge in [-0.2, -0.15) is 0 Å². The molecule has 1 radical (unpaired) electrons. The zero-order chi connectivity index (χ0) is 11.2. The van der Waals surface area contributed by atoms with E-state index in [0.29, 0.717) is 0 Å². The van der Waals surface area contributed by atoms with Crippen molar-refractivity contribution in [3.63, 3.8) is 0 Å². The normalized spacial score (nSPS) is 38.5. The van der Waals surface area contributed by atoms with Crippen LogP contribution in [-0.2, 0) is 0 Å². The number of rotatable bonds is 1. The lowest BCUT2D eigenvalue weighted by molar-refractivity contribution is 0.0690. The maximum absolute atomic E-state index is 3.74. The highest BCUT2D eigenvalue weighted by Crippen LogP contribution is 2.56. The van der Waals surface area contributed by atoms with Crippen LogP contribution in [0.4, 0.5) is 0 Å². The fraction of sp³-hybridized carbons (Fsp3) is 0.529. The molecule has 0 aliphatic heterocycles. The average Bonchev–Trinajstić information content (AvgIpc) is 2.34. The summed E-state index contributed by atoms with van der Waals surface area (Å²) in [5, 5.41) is 0. The monoisotopic (exact) mass is 223 g/mol. The molecule has 0 saturated heterocycles. The van der Waals surface area contributed by atoms with Crippen molar-refractivity contribution in [1.29, 1.82) is 0 Å². The maximum Gasteiger partial charge on any atom is -0.0108 e. The Bertz CT molecular complexity index is 410. The lowest BCUT2D eigenvalue weighted by Crippen LogP contribution is -2.40. The smallest absolute Gasteiger partial charge is 0.0108 e. The molecule has 0 amide bonds. The van der Waals surface area contributed by atoms with E-state index in [1.54, 1.807) is 5.57 Å². The lowest BCUT2D eigenvalue weighted by Gasteiger charge is -2.51. The second-order valence-corrected chi connectivity index (χ2v) is 6.25. The summed E-state index contributed by atoms with van der Waals surface area (Å²) in [6.07, 6.45) is 11.1. The zero-order valence-electron chi connectivity index (χ0n) is 10.2. The van der Waals surface area contributed by atoms with E-state index in [9.17, 15) is 0 Å². The molecule has 5 rings (SSSR count). The molecule has 0 aromatic heterocycles. The minimum atomic E-state index is 0.881. The van der Waals surface area contributed by atoms with E-state index < -0.39 is 0 Å². The van der Waals surface area contributed by atoms with Crippen molar-refractivity contribution in [3.05, 3.63) is 47.5 Å². The van der Waals surface area contributed by atoms with Gasteiger partial charge in [0, 0.05) is 0 Å². The SMILES string of the molecule is [C](=C1C2CC3CC(C2)CC1C3)c1ccccc1. The highest BCUT2D eigenvalue weighted by Gasteiger charge is 2.44. The summed E-state index contributed by atoms with van der Waals surface area (Å²) >= 11 is 0. The van der Waals surface area contributed by atoms with Gasteiger partial charge < -0.3 is 0 Å². The molecule has 1 aromatic carbocycles. The predicted molar refractivity (Wildman–Crippen MR) is 69.3 cm³/mol. The Labute approximate surface area is 104 Å². The molecule has 87 valence electrons. The lowest BCUT2D eigenvalue weighted by atomic mass is 9.54. The van der Waals surface area contributed by atoms with Gasteiger partial charge in [-0.25, -0.2) is 0 Å². The fourth-order valence-corrected chi connectivity index (χ4v) is 4.58. The molecule has 4 saturated carbocycles. The number of hydrogen-bond acceptors (Lipinski definition) is 0. The summed E-state index contributed by atoms with van der Waals surface area (Å²) in [5.74, 6) is 3.87. The number of hydrogen-bond donors (Lipinski definition) is 0. The number of allylic oxidation sites excluding steroid dienone is 1. The van der Waals surface area contributed by atoms with Crippen molar-refractivity contribution in [2.24, 2.45) is 23.7 Å². The highest BCUT2D eigenvalue weighted by atomic mass is 14.5. The highest BCUT2D eigenvalue weighted by molar-refractivity contribution is 5.29. The Morgan fingerprint density at radius 3 is 1.94 bits per heavy atom. The first-order valence-corrected chi connectivity index (χ1v) is 7.07. The summed E-state index contributed by atoms with van der Waals surface area (Å²) in [7, 11) is 0. The van der Waals surface area contributed by atoms with Gasteiger partial charge in [-0.05, 0) is 67.4 Å². The van der Waals surface area contributed by atoms with Gasteiger partial charge in [-0.3, -0.25) is 0 Å². The third-order valence-corrected chi connectivity index (χ3v) is 5.08. The van der Waals surface area contributed by atoms with Crippen LogP contribution in [0.25, 0.3) is 0 Å². The van der Waals surface area contributed by atoms with Crippen LogP contribution in [0.1, 0.15) is 37.7 Å². The van der Waals surface area contributed by atoms with E-state index in [1.807, 2.05) is 0 Å². The fourth-order valence-electron chi connectivity index (χ4n) is 4.58. The van der Waals surface area contributed by atoms with Crippen LogP contribution in [-0.4, -0.2) is 0 Å². The molecular formula is C17H19. The van der Waals surface area contributed by atoms with Gasteiger partial charge in [0.25, 0.3) is 0 Å². The second kappa shape index (κ2) is 3.73. The van der Waals surface area contributed by atoms with Gasteiger partial charge in [0.05, 0.1) is 0 Å². The van der Waals surface area contributed by atoms with Gasteiger partial charge >= 0.3 is 0 Å². The van der Waals surface area contributed by atoms with E-state index in [1.165, 1.54) is 37.7 Å². The van der Waals surface area contributed by atoms with Crippen molar-refractivity contribution >= 4 is 0 Å². The Kier molecular flexibility index (Phi) is 2.18. The van der Waals surface area contributed by atoms with Crippen LogP contribution in [0.3, 0.4) is 0 Å². The second-order valence-electron chi connectivity index (χ2n) is 6.25. The molecule has 0 atom stereocenters. The third-order valence-electron chi connectivity index (χ3n) is 5.08. The Balaban J connectivity index is 1.68. The van der Waals surface area contributed by atoms with Crippen molar-refractivity contribution in [2.75, 3.05) is 0 Å². The summed E-state index contributed by atoms with van der Waals surface area (Å²) in [5.41, 5.74) is 2.96. The average molecular weight is 223 g/mol. The molecule has 4 aliphatic carbocycles. The molecule has 0 unspecified atom stereocenters. The summed E-state index contributed by atoms with van der Waals surface area (Å²) < 4.78 is 0. The topological polar surface area (TPSA) is 0 Å². The van der Waals surface area contributed by atoms with Crippen LogP contribution >= 0.6 is 0 Å². The molecule has 4 aliphatic rings. The van der Waals surface area contributed by atoms with Gasteiger partial charge in [0.1, 0.15) is 0 Å². The first-order valence-electron chi connectivity index (χ1n) is 7.07. The van der Waals surface area contributed by atoms with Gasteiger partial charge in [-0.15, -0.1) is 0 Å². The van der Waals surface area contributed by atoms with Crippen LogP contribution in [0, 0.1) is 29.7 Å². The van der Waals surface area contributed by atoms with Gasteiger partial charge in [0.2, 0.25) is 0 Å². The van der Waals surface area contributed by atoms with Crippen molar-refractivity contribution in [3.8, 4) is 0 Å². The van der Waals surface area contributed by atoms with E-state index in [-0.39, 0.29) is 0 Å². The number of benzene rings is 1. The minimum Gasteiger partial charge on any atom is -0.0622 e. The zero-order valence-corrected chi connectivity index (χ0v) is 10.2. The van der Waals surface area contributed by atoms with Crippen LogP contribution < -0.4 is 0 Å². The van der Waals surface area contributed by atoms with E-state index in [4.69, 9.17) is 0 Å². The molecular weight excluding hydrogens is 204 g/mol. The first kappa shape index (κ1) is 9.94. The maximum atomic E-state index is 3.74. The van der Waals surface area contributed by atoms with E-state index in [0.717, 1.165) is 23.7 Å². The molecule has 0 spiro atoms. The van der Waals surface area contributed by atoms with Crippen LogP contribution in [0.2, 0.25) is 0 Å². The predicted octanol–water partition coefficient (Wildman–Crippen LogP) is 4.22. The molecule has 0 nitrogen and oxygen atoms in total. The molecule has 17 heavy (non-hydrogen) atoms.